The van der Waals surface area contributed by atoms with E-state index in [0.717, 1.165) is 11.1 Å². The first kappa shape index (κ1) is 16.7. The molecule has 1 atom stereocenters. The summed E-state index contributed by atoms with van der Waals surface area (Å²) in [4.78, 5) is 12.3. The molecule has 0 fully saturated rings. The van der Waals surface area contributed by atoms with Gasteiger partial charge in [-0.05, 0) is 43.7 Å². The number of hydrogen-bond acceptors (Lipinski definition) is 6. The summed E-state index contributed by atoms with van der Waals surface area (Å²) in [6, 6.07) is 14.5. The van der Waals surface area contributed by atoms with Crippen LogP contribution < -0.4 is 4.74 Å². The van der Waals surface area contributed by atoms with Crippen molar-refractivity contribution in [2.75, 3.05) is 7.11 Å². The lowest BCUT2D eigenvalue weighted by molar-refractivity contribution is 0.0279. The van der Waals surface area contributed by atoms with E-state index < -0.39 is 12.1 Å². The lowest BCUT2D eigenvalue weighted by atomic mass is 10.1. The highest BCUT2D eigenvalue weighted by Crippen LogP contribution is 2.24. The summed E-state index contributed by atoms with van der Waals surface area (Å²) < 4.78 is 16.3. The molecule has 0 aliphatic rings. The van der Waals surface area contributed by atoms with Crippen LogP contribution >= 0.6 is 0 Å². The lowest BCUT2D eigenvalue weighted by Gasteiger charge is -2.11. The second kappa shape index (κ2) is 7.17. The maximum absolute atomic E-state index is 12.3. The van der Waals surface area contributed by atoms with Crippen molar-refractivity contribution in [3.8, 4) is 17.2 Å². The molecule has 0 radical (unpaired) electrons. The zero-order valence-electron chi connectivity index (χ0n) is 14.2. The van der Waals surface area contributed by atoms with Crippen molar-refractivity contribution >= 4 is 5.97 Å². The van der Waals surface area contributed by atoms with Gasteiger partial charge in [0.15, 0.2) is 6.10 Å². The largest absolute Gasteiger partial charge is 0.496 e. The third-order valence-electron chi connectivity index (χ3n) is 3.74. The average molecular weight is 338 g/mol. The Morgan fingerprint density at radius 1 is 1.12 bits per heavy atom. The number of carbonyl (C=O) groups excluding carboxylic acids is 1. The van der Waals surface area contributed by atoms with Crippen molar-refractivity contribution in [1.82, 2.24) is 10.2 Å². The van der Waals surface area contributed by atoms with Crippen molar-refractivity contribution < 1.29 is 18.7 Å². The predicted octanol–water partition coefficient (Wildman–Crippen LogP) is 3.97. The number of ether oxygens (including phenoxy) is 2. The Bertz CT molecular complexity index is 874. The molecule has 3 aromatic rings. The number of methoxy groups -OCH3 is 1. The molecule has 1 heterocycles. The minimum absolute atomic E-state index is 0.242. The highest BCUT2D eigenvalue weighted by atomic mass is 16.6. The summed E-state index contributed by atoms with van der Waals surface area (Å²) in [6.07, 6.45) is -0.662. The lowest BCUT2D eigenvalue weighted by Crippen LogP contribution is -2.10. The monoisotopic (exact) mass is 338 g/mol. The summed E-state index contributed by atoms with van der Waals surface area (Å²) in [5, 5.41) is 7.97. The highest BCUT2D eigenvalue weighted by molar-refractivity contribution is 5.90. The van der Waals surface area contributed by atoms with E-state index >= 15 is 0 Å². The molecule has 0 saturated heterocycles. The van der Waals surface area contributed by atoms with Gasteiger partial charge in [-0.3, -0.25) is 0 Å². The van der Waals surface area contributed by atoms with Gasteiger partial charge < -0.3 is 13.9 Å². The van der Waals surface area contributed by atoms with Gasteiger partial charge in [-0.2, -0.15) is 0 Å². The van der Waals surface area contributed by atoms with E-state index in [1.807, 2.05) is 37.3 Å². The van der Waals surface area contributed by atoms with Gasteiger partial charge in [0.25, 0.3) is 5.89 Å². The molecule has 25 heavy (non-hydrogen) atoms. The van der Waals surface area contributed by atoms with Crippen LogP contribution in [0.25, 0.3) is 11.5 Å². The molecule has 0 aliphatic carbocycles. The molecule has 0 aliphatic heterocycles. The number of rotatable bonds is 5. The van der Waals surface area contributed by atoms with Crippen LogP contribution in [0.5, 0.6) is 5.75 Å². The molecular formula is C19H18N2O4. The van der Waals surface area contributed by atoms with Gasteiger partial charge in [0, 0.05) is 5.56 Å². The number of benzene rings is 2. The van der Waals surface area contributed by atoms with Crippen LogP contribution in [-0.4, -0.2) is 23.3 Å². The summed E-state index contributed by atoms with van der Waals surface area (Å²) in [7, 11) is 1.56. The summed E-state index contributed by atoms with van der Waals surface area (Å²) in [5.41, 5.74) is 2.15. The topological polar surface area (TPSA) is 74.5 Å². The standard InChI is InChI=1S/C19H18N2O4/c1-12-9-10-15(11-16(12)23-3)19(22)24-13(2)17-20-21-18(25-17)14-7-5-4-6-8-14/h4-11,13H,1-3H3/t13-/m1/s1. The van der Waals surface area contributed by atoms with Gasteiger partial charge in [0.2, 0.25) is 5.89 Å². The van der Waals surface area contributed by atoms with E-state index in [9.17, 15) is 4.79 Å². The van der Waals surface area contributed by atoms with Crippen LogP contribution in [0.3, 0.4) is 0 Å². The molecule has 0 amide bonds. The number of aryl methyl sites for hydroxylation is 1. The molecule has 0 spiro atoms. The van der Waals surface area contributed by atoms with Crippen LogP contribution in [0.15, 0.2) is 52.9 Å². The molecule has 6 heteroatoms. The van der Waals surface area contributed by atoms with E-state index in [1.165, 1.54) is 0 Å². The van der Waals surface area contributed by atoms with Gasteiger partial charge in [-0.25, -0.2) is 4.79 Å². The highest BCUT2D eigenvalue weighted by Gasteiger charge is 2.20. The van der Waals surface area contributed by atoms with E-state index in [-0.39, 0.29) is 5.89 Å². The van der Waals surface area contributed by atoms with Gasteiger partial charge in [0.1, 0.15) is 5.75 Å². The van der Waals surface area contributed by atoms with Gasteiger partial charge in [-0.1, -0.05) is 24.3 Å². The van der Waals surface area contributed by atoms with Crippen molar-refractivity contribution in [1.29, 1.82) is 0 Å². The zero-order chi connectivity index (χ0) is 17.8. The second-order valence-corrected chi connectivity index (χ2v) is 5.54. The summed E-state index contributed by atoms with van der Waals surface area (Å²) in [6.45, 7) is 3.59. The van der Waals surface area contributed by atoms with Gasteiger partial charge >= 0.3 is 5.97 Å². The smallest absolute Gasteiger partial charge is 0.339 e. The van der Waals surface area contributed by atoms with Crippen LogP contribution in [-0.2, 0) is 4.74 Å². The van der Waals surface area contributed by atoms with E-state index in [0.29, 0.717) is 17.2 Å². The van der Waals surface area contributed by atoms with Crippen LogP contribution in [0.2, 0.25) is 0 Å². The number of hydrogen-bond donors (Lipinski definition) is 0. The maximum atomic E-state index is 12.3. The molecule has 6 nitrogen and oxygen atoms in total. The Balaban J connectivity index is 1.73. The third-order valence-corrected chi connectivity index (χ3v) is 3.74. The Labute approximate surface area is 145 Å². The molecule has 0 unspecified atom stereocenters. The van der Waals surface area contributed by atoms with Crippen molar-refractivity contribution in [2.45, 2.75) is 20.0 Å². The number of aromatic nitrogens is 2. The third kappa shape index (κ3) is 3.68. The zero-order valence-corrected chi connectivity index (χ0v) is 14.2. The average Bonchev–Trinajstić information content (AvgIpc) is 3.13. The number of esters is 1. The first-order valence-corrected chi connectivity index (χ1v) is 7.83. The van der Waals surface area contributed by atoms with Crippen LogP contribution in [0.4, 0.5) is 0 Å². The molecule has 1 aromatic heterocycles. The fourth-order valence-electron chi connectivity index (χ4n) is 2.32. The van der Waals surface area contributed by atoms with E-state index in [4.69, 9.17) is 13.9 Å². The Morgan fingerprint density at radius 2 is 1.88 bits per heavy atom. The Hall–Kier alpha value is -3.15. The maximum Gasteiger partial charge on any atom is 0.339 e. The fraction of sp³-hybridized carbons (Fsp3) is 0.211. The fourth-order valence-corrected chi connectivity index (χ4v) is 2.32. The summed E-state index contributed by atoms with van der Waals surface area (Å²) >= 11 is 0. The molecule has 2 aromatic carbocycles. The first-order valence-electron chi connectivity index (χ1n) is 7.83. The minimum atomic E-state index is -0.662. The Morgan fingerprint density at radius 3 is 2.60 bits per heavy atom. The molecule has 3 rings (SSSR count). The summed E-state index contributed by atoms with van der Waals surface area (Å²) in [5.74, 6) is 0.776. The molecule has 0 N–H and O–H groups in total. The van der Waals surface area contributed by atoms with E-state index in [2.05, 4.69) is 10.2 Å². The van der Waals surface area contributed by atoms with Crippen molar-refractivity contribution in [3.05, 3.63) is 65.5 Å². The number of carbonyl (C=O) groups is 1. The molecule has 0 saturated carbocycles. The molecular weight excluding hydrogens is 320 g/mol. The number of nitrogens with zero attached hydrogens (tertiary/aromatic N) is 2. The van der Waals surface area contributed by atoms with Crippen LogP contribution in [0.1, 0.15) is 34.8 Å². The first-order chi connectivity index (χ1) is 12.1. The van der Waals surface area contributed by atoms with Crippen LogP contribution in [0, 0.1) is 6.92 Å². The minimum Gasteiger partial charge on any atom is -0.496 e. The van der Waals surface area contributed by atoms with Gasteiger partial charge in [-0.15, -0.1) is 10.2 Å². The quantitative estimate of drug-likeness (QED) is 0.655. The van der Waals surface area contributed by atoms with E-state index in [1.54, 1.807) is 32.2 Å². The molecule has 128 valence electrons. The second-order valence-electron chi connectivity index (χ2n) is 5.54. The Kier molecular flexibility index (Phi) is 4.79. The van der Waals surface area contributed by atoms with Crippen molar-refractivity contribution in [2.24, 2.45) is 0 Å². The normalized spacial score (nSPS) is 11.8. The van der Waals surface area contributed by atoms with Crippen molar-refractivity contribution in [3.63, 3.8) is 0 Å². The molecule has 0 bridgehead atoms. The predicted molar refractivity (Wildman–Crippen MR) is 91.3 cm³/mol. The SMILES string of the molecule is COc1cc(C(=O)O[C@H](C)c2nnc(-c3ccccc3)o2)ccc1C. The van der Waals surface area contributed by atoms with Gasteiger partial charge in [0.05, 0.1) is 12.7 Å².